The van der Waals surface area contributed by atoms with Crippen LogP contribution in [0.5, 0.6) is 5.75 Å². The number of aliphatic hydroxyl groups is 1. The number of hydrogen-bond acceptors (Lipinski definition) is 2. The summed E-state index contributed by atoms with van der Waals surface area (Å²) in [6.45, 7) is 2.96. The van der Waals surface area contributed by atoms with Crippen molar-refractivity contribution < 1.29 is 9.84 Å². The van der Waals surface area contributed by atoms with Gasteiger partial charge in [0.2, 0.25) is 0 Å². The minimum Gasteiger partial charge on any atom is -0.493 e. The fraction of sp³-hybridized carbons (Fsp3) is 0.571. The molecule has 16 heavy (non-hydrogen) atoms. The molecule has 1 aliphatic heterocycles. The second kappa shape index (κ2) is 3.77. The molecule has 2 nitrogen and oxygen atoms in total. The highest BCUT2D eigenvalue weighted by molar-refractivity contribution is 5.46. The van der Waals surface area contributed by atoms with Gasteiger partial charge in [-0.15, -0.1) is 0 Å². The van der Waals surface area contributed by atoms with Crippen molar-refractivity contribution in [1.29, 1.82) is 0 Å². The lowest BCUT2D eigenvalue weighted by Crippen LogP contribution is -2.14. The summed E-state index contributed by atoms with van der Waals surface area (Å²) in [6, 6.07) is 6.45. The number of fused-ring (bicyclic) bond motifs is 1. The van der Waals surface area contributed by atoms with Gasteiger partial charge in [0.05, 0.1) is 12.7 Å². The van der Waals surface area contributed by atoms with E-state index in [0.29, 0.717) is 11.8 Å². The van der Waals surface area contributed by atoms with Crippen LogP contribution in [0.1, 0.15) is 36.8 Å². The van der Waals surface area contributed by atoms with E-state index in [9.17, 15) is 5.11 Å². The summed E-state index contributed by atoms with van der Waals surface area (Å²) in [5.74, 6) is 1.94. The molecule has 0 bridgehead atoms. The second-order valence-electron chi connectivity index (χ2n) is 5.04. The van der Waals surface area contributed by atoms with Crippen LogP contribution in [0.15, 0.2) is 18.2 Å². The van der Waals surface area contributed by atoms with Gasteiger partial charge in [-0.1, -0.05) is 25.1 Å². The summed E-state index contributed by atoms with van der Waals surface area (Å²) in [5.41, 5.74) is 2.66. The number of rotatable bonds is 1. The van der Waals surface area contributed by atoms with Crippen molar-refractivity contribution in [3.63, 3.8) is 0 Å². The van der Waals surface area contributed by atoms with E-state index in [1.54, 1.807) is 0 Å². The molecule has 86 valence electrons. The number of benzene rings is 1. The first kappa shape index (κ1) is 10.2. The third kappa shape index (κ3) is 1.44. The Balaban J connectivity index is 1.98. The Labute approximate surface area is 96.2 Å². The smallest absolute Gasteiger partial charge is 0.126 e. The predicted octanol–water partition coefficient (Wildman–Crippen LogP) is 2.50. The Morgan fingerprint density at radius 3 is 2.94 bits per heavy atom. The largest absolute Gasteiger partial charge is 0.493 e. The Kier molecular flexibility index (Phi) is 2.40. The molecule has 0 aromatic heterocycles. The van der Waals surface area contributed by atoms with Crippen molar-refractivity contribution in [3.8, 4) is 5.75 Å². The molecule has 1 N–H and O–H groups in total. The summed E-state index contributed by atoms with van der Waals surface area (Å²) in [5, 5.41) is 9.84. The van der Waals surface area contributed by atoms with Gasteiger partial charge in [-0.3, -0.25) is 0 Å². The molecule has 3 unspecified atom stereocenters. The highest BCUT2D eigenvalue weighted by Crippen LogP contribution is 2.45. The molecule has 1 aromatic rings. The molecule has 0 saturated heterocycles. The number of hydrogen-bond donors (Lipinski definition) is 1. The first-order valence-electron chi connectivity index (χ1n) is 6.20. The molecule has 0 amide bonds. The number of ether oxygens (including phenoxy) is 1. The molecule has 0 spiro atoms. The first-order chi connectivity index (χ1) is 7.77. The van der Waals surface area contributed by atoms with Crippen molar-refractivity contribution in [3.05, 3.63) is 29.3 Å². The van der Waals surface area contributed by atoms with Crippen LogP contribution in [0.2, 0.25) is 0 Å². The Hall–Kier alpha value is -1.02. The third-order valence-corrected chi connectivity index (χ3v) is 4.16. The molecule has 1 saturated carbocycles. The van der Waals surface area contributed by atoms with E-state index in [-0.39, 0.29) is 6.10 Å². The maximum absolute atomic E-state index is 9.84. The standard InChI is InChI=1S/C14H18O2/c1-9-11(5-6-13(9)15)12-4-2-3-10-7-8-16-14(10)12/h2-4,9,11,13,15H,5-8H2,1H3. The van der Waals surface area contributed by atoms with Gasteiger partial charge in [0.1, 0.15) is 5.75 Å². The quantitative estimate of drug-likeness (QED) is 0.784. The molecule has 2 heteroatoms. The maximum atomic E-state index is 9.84. The Bertz CT molecular complexity index is 400. The molecule has 1 heterocycles. The highest BCUT2D eigenvalue weighted by Gasteiger charge is 2.35. The fourth-order valence-electron chi connectivity index (χ4n) is 3.12. The van der Waals surface area contributed by atoms with Crippen molar-refractivity contribution >= 4 is 0 Å². The van der Waals surface area contributed by atoms with Gasteiger partial charge in [-0.25, -0.2) is 0 Å². The van der Waals surface area contributed by atoms with Gasteiger partial charge in [-0.05, 0) is 35.8 Å². The van der Waals surface area contributed by atoms with Gasteiger partial charge in [0.15, 0.2) is 0 Å². The average Bonchev–Trinajstić information content (AvgIpc) is 2.87. The van der Waals surface area contributed by atoms with Gasteiger partial charge < -0.3 is 9.84 Å². The van der Waals surface area contributed by atoms with Gasteiger partial charge in [-0.2, -0.15) is 0 Å². The number of aliphatic hydroxyl groups excluding tert-OH is 1. The highest BCUT2D eigenvalue weighted by atomic mass is 16.5. The zero-order valence-electron chi connectivity index (χ0n) is 9.65. The van der Waals surface area contributed by atoms with Gasteiger partial charge >= 0.3 is 0 Å². The average molecular weight is 218 g/mol. The normalized spacial score (nSPS) is 32.5. The van der Waals surface area contributed by atoms with Crippen LogP contribution in [0.25, 0.3) is 0 Å². The molecule has 0 radical (unpaired) electrons. The van der Waals surface area contributed by atoms with Crippen LogP contribution >= 0.6 is 0 Å². The lowest BCUT2D eigenvalue weighted by molar-refractivity contribution is 0.136. The summed E-state index contributed by atoms with van der Waals surface area (Å²) in [4.78, 5) is 0. The Morgan fingerprint density at radius 1 is 1.31 bits per heavy atom. The van der Waals surface area contributed by atoms with E-state index in [4.69, 9.17) is 4.74 Å². The number of para-hydroxylation sites is 1. The lowest BCUT2D eigenvalue weighted by atomic mass is 9.88. The van der Waals surface area contributed by atoms with Gasteiger partial charge in [0, 0.05) is 6.42 Å². The van der Waals surface area contributed by atoms with Gasteiger partial charge in [0.25, 0.3) is 0 Å². The minimum absolute atomic E-state index is 0.137. The van der Waals surface area contributed by atoms with Crippen LogP contribution in [0.4, 0.5) is 0 Å². The predicted molar refractivity (Wildman–Crippen MR) is 62.8 cm³/mol. The minimum atomic E-state index is -0.137. The van der Waals surface area contributed by atoms with E-state index < -0.39 is 0 Å². The summed E-state index contributed by atoms with van der Waals surface area (Å²) >= 11 is 0. The molecule has 3 rings (SSSR count). The topological polar surface area (TPSA) is 29.5 Å². The molecule has 2 aliphatic rings. The fourth-order valence-corrected chi connectivity index (χ4v) is 3.12. The van der Waals surface area contributed by atoms with Crippen molar-refractivity contribution in [2.45, 2.75) is 38.2 Å². The van der Waals surface area contributed by atoms with E-state index >= 15 is 0 Å². The van der Waals surface area contributed by atoms with E-state index in [0.717, 1.165) is 31.6 Å². The molecule has 1 aromatic carbocycles. The van der Waals surface area contributed by atoms with Crippen molar-refractivity contribution in [2.75, 3.05) is 6.61 Å². The molecular weight excluding hydrogens is 200 g/mol. The molecule has 3 atom stereocenters. The lowest BCUT2D eigenvalue weighted by Gasteiger charge is -2.20. The zero-order chi connectivity index (χ0) is 11.1. The monoisotopic (exact) mass is 218 g/mol. The first-order valence-corrected chi connectivity index (χ1v) is 6.20. The molecular formula is C14H18O2. The van der Waals surface area contributed by atoms with Crippen molar-refractivity contribution in [2.24, 2.45) is 5.92 Å². The van der Waals surface area contributed by atoms with Crippen LogP contribution in [-0.2, 0) is 6.42 Å². The zero-order valence-corrected chi connectivity index (χ0v) is 9.65. The molecule has 1 fully saturated rings. The summed E-state index contributed by atoms with van der Waals surface area (Å²) in [7, 11) is 0. The maximum Gasteiger partial charge on any atom is 0.126 e. The second-order valence-corrected chi connectivity index (χ2v) is 5.04. The van der Waals surface area contributed by atoms with E-state index in [2.05, 4.69) is 25.1 Å². The SMILES string of the molecule is CC1C(O)CCC1c1cccc2c1OCC2. The summed E-state index contributed by atoms with van der Waals surface area (Å²) in [6.07, 6.45) is 2.91. The van der Waals surface area contributed by atoms with Crippen molar-refractivity contribution in [1.82, 2.24) is 0 Å². The van der Waals surface area contributed by atoms with Crippen LogP contribution in [0.3, 0.4) is 0 Å². The van der Waals surface area contributed by atoms with Crippen LogP contribution in [0, 0.1) is 5.92 Å². The van der Waals surface area contributed by atoms with E-state index in [1.807, 2.05) is 0 Å². The summed E-state index contributed by atoms with van der Waals surface area (Å²) < 4.78 is 5.74. The van der Waals surface area contributed by atoms with Crippen LogP contribution < -0.4 is 4.74 Å². The third-order valence-electron chi connectivity index (χ3n) is 4.16. The van der Waals surface area contributed by atoms with E-state index in [1.165, 1.54) is 11.1 Å². The van der Waals surface area contributed by atoms with Crippen LogP contribution in [-0.4, -0.2) is 17.8 Å². The molecule has 1 aliphatic carbocycles. The Morgan fingerprint density at radius 2 is 2.19 bits per heavy atom.